The van der Waals surface area contributed by atoms with Crippen molar-refractivity contribution in [3.05, 3.63) is 70.4 Å². The molecule has 0 spiro atoms. The molecule has 0 radical (unpaired) electrons. The lowest BCUT2D eigenvalue weighted by atomic mass is 9.90. The Hall–Kier alpha value is -3.92. The van der Waals surface area contributed by atoms with E-state index in [-0.39, 0.29) is 11.8 Å². The standard InChI is InChI=1S/C29H27F3N4O3/c1-36(2)14-18-11-20(29(30,31)32)10-17-13-23(34-27(17)18)19-9-16-12-21(3-5-24(16)38-15-19)39-25-7-8-33-28-22(25)4-6-26(37)35-28/h3,5,7-8,10-12,19H,4,6,9,13-15H2,1-2H3,(H,33,35,37). The maximum atomic E-state index is 13.6. The van der Waals surface area contributed by atoms with Crippen molar-refractivity contribution in [1.29, 1.82) is 0 Å². The molecule has 0 saturated carbocycles. The molecule has 4 heterocycles. The quantitative estimate of drug-likeness (QED) is 0.452. The number of alkyl halides is 3. The molecule has 1 aromatic heterocycles. The second kappa shape index (κ2) is 9.68. The minimum Gasteiger partial charge on any atom is -0.493 e. The highest BCUT2D eigenvalue weighted by Crippen LogP contribution is 2.41. The van der Waals surface area contributed by atoms with Crippen LogP contribution in [0.4, 0.5) is 24.7 Å². The van der Waals surface area contributed by atoms with Gasteiger partial charge in [-0.3, -0.25) is 9.79 Å². The number of fused-ring (bicyclic) bond motifs is 3. The lowest BCUT2D eigenvalue weighted by Crippen LogP contribution is -2.28. The molecule has 1 N–H and O–H groups in total. The highest BCUT2D eigenvalue weighted by atomic mass is 19.4. The number of pyridine rings is 1. The Morgan fingerprint density at radius 2 is 1.97 bits per heavy atom. The van der Waals surface area contributed by atoms with E-state index < -0.39 is 11.7 Å². The van der Waals surface area contributed by atoms with Gasteiger partial charge in [-0.1, -0.05) is 0 Å². The molecule has 6 rings (SSSR count). The van der Waals surface area contributed by atoms with Crippen molar-refractivity contribution in [2.24, 2.45) is 10.9 Å². The van der Waals surface area contributed by atoms with Crippen molar-refractivity contribution in [3.63, 3.8) is 0 Å². The summed E-state index contributed by atoms with van der Waals surface area (Å²) in [5.74, 6) is 2.41. The van der Waals surface area contributed by atoms with Crippen LogP contribution < -0.4 is 14.8 Å². The zero-order valence-electron chi connectivity index (χ0n) is 21.6. The second-order valence-corrected chi connectivity index (χ2v) is 10.4. The van der Waals surface area contributed by atoms with E-state index >= 15 is 0 Å². The lowest BCUT2D eigenvalue weighted by molar-refractivity contribution is -0.137. The van der Waals surface area contributed by atoms with Crippen LogP contribution in [0.1, 0.15) is 34.2 Å². The average molecular weight is 537 g/mol. The van der Waals surface area contributed by atoms with Crippen molar-refractivity contribution >= 4 is 23.1 Å². The van der Waals surface area contributed by atoms with Crippen molar-refractivity contribution in [2.45, 2.75) is 38.4 Å². The molecular weight excluding hydrogens is 509 g/mol. The van der Waals surface area contributed by atoms with Gasteiger partial charge in [-0.25, -0.2) is 4.98 Å². The Kier molecular flexibility index (Phi) is 6.29. The summed E-state index contributed by atoms with van der Waals surface area (Å²) >= 11 is 0. The Balaban J connectivity index is 1.24. The van der Waals surface area contributed by atoms with E-state index in [1.54, 1.807) is 12.3 Å². The Morgan fingerprint density at radius 3 is 2.77 bits per heavy atom. The van der Waals surface area contributed by atoms with Gasteiger partial charge in [0.1, 0.15) is 23.1 Å². The molecule has 0 fully saturated rings. The first-order valence-electron chi connectivity index (χ1n) is 12.8. The number of nitrogens with zero attached hydrogens (tertiary/aromatic N) is 3. The van der Waals surface area contributed by atoms with Crippen LogP contribution in [0.25, 0.3) is 0 Å². The summed E-state index contributed by atoms with van der Waals surface area (Å²) in [6, 6.07) is 9.85. The van der Waals surface area contributed by atoms with E-state index in [1.807, 2.05) is 37.2 Å². The van der Waals surface area contributed by atoms with Crippen molar-refractivity contribution < 1.29 is 27.4 Å². The molecule has 2 aromatic carbocycles. The summed E-state index contributed by atoms with van der Waals surface area (Å²) in [4.78, 5) is 22.7. The SMILES string of the molecule is CN(C)Cc1cc(C(F)(F)F)cc2c1N=C(C1COc3ccc(Oc4ccnc5c4CCC(=O)N5)cc3C1)C2. The van der Waals surface area contributed by atoms with Crippen LogP contribution in [-0.2, 0) is 36.8 Å². The van der Waals surface area contributed by atoms with Crippen molar-refractivity contribution in [3.8, 4) is 17.2 Å². The van der Waals surface area contributed by atoms with Crippen LogP contribution >= 0.6 is 0 Å². The van der Waals surface area contributed by atoms with Gasteiger partial charge in [0.15, 0.2) is 0 Å². The normalized spacial score (nSPS) is 18.1. The van der Waals surface area contributed by atoms with Crippen LogP contribution in [0.15, 0.2) is 47.6 Å². The fraction of sp³-hybridized carbons (Fsp3) is 0.345. The minimum atomic E-state index is -4.41. The third kappa shape index (κ3) is 5.08. The summed E-state index contributed by atoms with van der Waals surface area (Å²) in [6.07, 6.45) is -0.885. The number of nitrogens with one attached hydrogen (secondary N) is 1. The van der Waals surface area contributed by atoms with Gasteiger partial charge in [0.25, 0.3) is 0 Å². The number of ether oxygens (including phenoxy) is 2. The number of aliphatic imine (C=N–C) groups is 1. The van der Waals surface area contributed by atoms with Crippen LogP contribution in [0.2, 0.25) is 0 Å². The number of halogens is 3. The largest absolute Gasteiger partial charge is 0.493 e. The number of hydrogen-bond acceptors (Lipinski definition) is 6. The summed E-state index contributed by atoms with van der Waals surface area (Å²) in [5, 5.41) is 2.78. The van der Waals surface area contributed by atoms with E-state index in [0.29, 0.717) is 73.0 Å². The van der Waals surface area contributed by atoms with Gasteiger partial charge in [-0.2, -0.15) is 13.2 Å². The molecular formula is C29H27F3N4O3. The fourth-order valence-corrected chi connectivity index (χ4v) is 5.41. The highest BCUT2D eigenvalue weighted by molar-refractivity contribution is 5.97. The maximum absolute atomic E-state index is 13.6. The van der Waals surface area contributed by atoms with Gasteiger partial charge in [0.2, 0.25) is 5.91 Å². The predicted octanol–water partition coefficient (Wildman–Crippen LogP) is 5.72. The first-order chi connectivity index (χ1) is 18.6. The van der Waals surface area contributed by atoms with E-state index in [4.69, 9.17) is 14.5 Å². The Labute approximate surface area is 223 Å². The minimum absolute atomic E-state index is 0.0643. The van der Waals surface area contributed by atoms with Gasteiger partial charge >= 0.3 is 6.18 Å². The molecule has 1 atom stereocenters. The van der Waals surface area contributed by atoms with Crippen LogP contribution in [0, 0.1) is 5.92 Å². The van der Waals surface area contributed by atoms with E-state index in [2.05, 4.69) is 10.3 Å². The molecule has 39 heavy (non-hydrogen) atoms. The molecule has 10 heteroatoms. The van der Waals surface area contributed by atoms with Crippen molar-refractivity contribution in [1.82, 2.24) is 9.88 Å². The number of amides is 1. The number of carbonyl (C=O) groups excluding carboxylic acids is 1. The summed E-state index contributed by atoms with van der Waals surface area (Å²) in [5.41, 5.74) is 3.82. The first-order valence-corrected chi connectivity index (χ1v) is 12.8. The Bertz CT molecular complexity index is 1500. The molecule has 7 nitrogen and oxygen atoms in total. The molecule has 1 unspecified atom stereocenters. The molecule has 3 aromatic rings. The number of carbonyl (C=O) groups is 1. The van der Waals surface area contributed by atoms with Crippen molar-refractivity contribution in [2.75, 3.05) is 26.0 Å². The smallest absolute Gasteiger partial charge is 0.416 e. The van der Waals surface area contributed by atoms with E-state index in [1.165, 1.54) is 12.1 Å². The number of hydrogen-bond donors (Lipinski definition) is 1. The van der Waals surface area contributed by atoms with Gasteiger partial charge in [0, 0.05) is 42.8 Å². The van der Waals surface area contributed by atoms with Gasteiger partial charge in [-0.05, 0) is 80.0 Å². The number of benzene rings is 2. The van der Waals surface area contributed by atoms with Gasteiger partial charge in [-0.15, -0.1) is 0 Å². The van der Waals surface area contributed by atoms with E-state index in [9.17, 15) is 18.0 Å². The van der Waals surface area contributed by atoms with Crippen LogP contribution in [0.3, 0.4) is 0 Å². The van der Waals surface area contributed by atoms with Gasteiger partial charge < -0.3 is 19.7 Å². The molecule has 0 saturated heterocycles. The number of aromatic nitrogens is 1. The van der Waals surface area contributed by atoms with Gasteiger partial charge in [0.05, 0.1) is 17.9 Å². The second-order valence-electron chi connectivity index (χ2n) is 10.4. The monoisotopic (exact) mass is 536 g/mol. The molecule has 202 valence electrons. The third-order valence-corrected chi connectivity index (χ3v) is 7.22. The van der Waals surface area contributed by atoms with E-state index in [0.717, 1.165) is 22.6 Å². The average Bonchev–Trinajstić information content (AvgIpc) is 3.32. The highest BCUT2D eigenvalue weighted by Gasteiger charge is 2.35. The number of anilines is 1. The summed E-state index contributed by atoms with van der Waals surface area (Å²) < 4.78 is 53.0. The Morgan fingerprint density at radius 1 is 1.13 bits per heavy atom. The molecule has 3 aliphatic heterocycles. The summed E-state index contributed by atoms with van der Waals surface area (Å²) in [7, 11) is 3.66. The third-order valence-electron chi connectivity index (χ3n) is 7.22. The molecule has 0 bridgehead atoms. The predicted molar refractivity (Wildman–Crippen MR) is 140 cm³/mol. The molecule has 1 amide bonds. The van der Waals surface area contributed by atoms with Crippen LogP contribution in [0.5, 0.6) is 17.2 Å². The molecule has 3 aliphatic rings. The van der Waals surface area contributed by atoms with Crippen LogP contribution in [-0.4, -0.2) is 42.2 Å². The molecule has 0 aliphatic carbocycles. The maximum Gasteiger partial charge on any atom is 0.416 e. The zero-order valence-corrected chi connectivity index (χ0v) is 21.6. The first kappa shape index (κ1) is 25.4. The fourth-order valence-electron chi connectivity index (χ4n) is 5.41. The summed E-state index contributed by atoms with van der Waals surface area (Å²) in [6.45, 7) is 0.781. The number of rotatable bonds is 5. The zero-order chi connectivity index (χ0) is 27.3. The topological polar surface area (TPSA) is 76.1 Å². The lowest BCUT2D eigenvalue weighted by Gasteiger charge is -2.26.